The van der Waals surface area contributed by atoms with Gasteiger partial charge in [-0.15, -0.1) is 0 Å². The van der Waals surface area contributed by atoms with Gasteiger partial charge in [0, 0.05) is 13.0 Å². The van der Waals surface area contributed by atoms with Gasteiger partial charge in [0.05, 0.1) is 5.69 Å². The average Bonchev–Trinajstić information content (AvgIpc) is 2.51. The molecule has 1 aromatic carbocycles. The lowest BCUT2D eigenvalue weighted by atomic mass is 10.2. The van der Waals surface area contributed by atoms with Crippen LogP contribution < -0.4 is 10.4 Å². The molecule has 1 aliphatic heterocycles. The minimum Gasteiger partial charge on any atom is -0.282 e. The van der Waals surface area contributed by atoms with Crippen molar-refractivity contribution in [2.24, 2.45) is 0 Å². The molecule has 3 nitrogen and oxygen atoms in total. The van der Waals surface area contributed by atoms with E-state index in [1.165, 1.54) is 11.1 Å². The standard InChI is InChI=1S/C10H11FN2O/c1-7-2-3-9(8(11)6-7)13-5-4-10(14)12-13/h2-3,6H,4-5H2,1H3,(H,12,14). The number of rotatable bonds is 1. The summed E-state index contributed by atoms with van der Waals surface area (Å²) in [6.45, 7) is 2.36. The molecule has 0 aromatic heterocycles. The van der Waals surface area contributed by atoms with Crippen LogP contribution in [0.5, 0.6) is 0 Å². The summed E-state index contributed by atoms with van der Waals surface area (Å²) >= 11 is 0. The number of carbonyl (C=O) groups is 1. The SMILES string of the molecule is Cc1ccc(N2CCC(=O)N2)c(F)c1. The zero-order chi connectivity index (χ0) is 10.1. The molecule has 1 N–H and O–H groups in total. The van der Waals surface area contributed by atoms with Crippen LogP contribution in [0.2, 0.25) is 0 Å². The van der Waals surface area contributed by atoms with Crippen molar-refractivity contribution in [3.63, 3.8) is 0 Å². The Labute approximate surface area is 81.5 Å². The number of hydrogen-bond donors (Lipinski definition) is 1. The Bertz CT molecular complexity index is 378. The van der Waals surface area contributed by atoms with Crippen LogP contribution in [0, 0.1) is 12.7 Å². The first-order valence-corrected chi connectivity index (χ1v) is 4.50. The van der Waals surface area contributed by atoms with Gasteiger partial charge in [-0.2, -0.15) is 0 Å². The summed E-state index contributed by atoms with van der Waals surface area (Å²) in [5.74, 6) is -0.364. The molecule has 0 radical (unpaired) electrons. The maximum Gasteiger partial charge on any atom is 0.240 e. The molecule has 0 saturated carbocycles. The van der Waals surface area contributed by atoms with Gasteiger partial charge in [-0.1, -0.05) is 6.07 Å². The van der Waals surface area contributed by atoms with Gasteiger partial charge in [-0.25, -0.2) is 4.39 Å². The summed E-state index contributed by atoms with van der Waals surface area (Å²) in [5, 5.41) is 1.54. The second-order valence-corrected chi connectivity index (χ2v) is 3.39. The molecule has 4 heteroatoms. The number of benzene rings is 1. The molecule has 1 aliphatic rings. The molecule has 1 fully saturated rings. The van der Waals surface area contributed by atoms with Crippen LogP contribution >= 0.6 is 0 Å². The Morgan fingerprint density at radius 2 is 2.29 bits per heavy atom. The lowest BCUT2D eigenvalue weighted by Gasteiger charge is -2.17. The molecule has 0 atom stereocenters. The minimum absolute atomic E-state index is 0.0648. The number of nitrogens with one attached hydrogen (secondary N) is 1. The Balaban J connectivity index is 2.28. The molecule has 0 bridgehead atoms. The maximum atomic E-state index is 13.4. The van der Waals surface area contributed by atoms with Crippen LogP contribution in [-0.2, 0) is 4.79 Å². The summed E-state index contributed by atoms with van der Waals surface area (Å²) in [5.41, 5.74) is 3.89. The molecule has 0 aliphatic carbocycles. The summed E-state index contributed by atoms with van der Waals surface area (Å²) in [6.07, 6.45) is 0.424. The summed E-state index contributed by atoms with van der Waals surface area (Å²) in [6, 6.07) is 4.96. The minimum atomic E-state index is -0.299. The highest BCUT2D eigenvalue weighted by Crippen LogP contribution is 2.20. The largest absolute Gasteiger partial charge is 0.282 e. The predicted octanol–water partition coefficient (Wildman–Crippen LogP) is 1.38. The number of nitrogens with zero attached hydrogens (tertiary/aromatic N) is 1. The van der Waals surface area contributed by atoms with E-state index in [0.29, 0.717) is 18.7 Å². The van der Waals surface area contributed by atoms with E-state index in [0.717, 1.165) is 5.56 Å². The molecular weight excluding hydrogens is 183 g/mol. The second kappa shape index (κ2) is 3.29. The van der Waals surface area contributed by atoms with Crippen LogP contribution in [-0.4, -0.2) is 12.5 Å². The number of hydrogen-bond acceptors (Lipinski definition) is 2. The first-order valence-electron chi connectivity index (χ1n) is 4.50. The van der Waals surface area contributed by atoms with Crippen LogP contribution in [0.4, 0.5) is 10.1 Å². The first-order chi connectivity index (χ1) is 6.66. The highest BCUT2D eigenvalue weighted by atomic mass is 19.1. The number of amides is 1. The highest BCUT2D eigenvalue weighted by molar-refractivity contribution is 5.81. The van der Waals surface area contributed by atoms with E-state index in [1.807, 2.05) is 13.0 Å². The van der Waals surface area contributed by atoms with Crippen LogP contribution in [0.25, 0.3) is 0 Å². The van der Waals surface area contributed by atoms with Crippen molar-refractivity contribution >= 4 is 11.6 Å². The molecule has 1 aromatic rings. The third-order valence-corrected chi connectivity index (χ3v) is 2.22. The van der Waals surface area contributed by atoms with Crippen LogP contribution in [0.3, 0.4) is 0 Å². The molecular formula is C10H11FN2O. The van der Waals surface area contributed by atoms with Gasteiger partial charge in [0.2, 0.25) is 5.91 Å². The number of hydrazine groups is 1. The first kappa shape index (κ1) is 8.99. The van der Waals surface area contributed by atoms with E-state index < -0.39 is 0 Å². The van der Waals surface area contributed by atoms with E-state index in [4.69, 9.17) is 0 Å². The van der Waals surface area contributed by atoms with Crippen molar-refractivity contribution < 1.29 is 9.18 Å². The predicted molar refractivity (Wildman–Crippen MR) is 51.2 cm³/mol. The molecule has 14 heavy (non-hydrogen) atoms. The van der Waals surface area contributed by atoms with Gasteiger partial charge >= 0.3 is 0 Å². The molecule has 0 unspecified atom stereocenters. The van der Waals surface area contributed by atoms with Crippen molar-refractivity contribution in [3.8, 4) is 0 Å². The summed E-state index contributed by atoms with van der Waals surface area (Å²) in [7, 11) is 0. The lowest BCUT2D eigenvalue weighted by molar-refractivity contribution is -0.119. The van der Waals surface area contributed by atoms with E-state index in [9.17, 15) is 9.18 Å². The fourth-order valence-corrected chi connectivity index (χ4v) is 1.49. The van der Waals surface area contributed by atoms with Crippen molar-refractivity contribution in [1.82, 2.24) is 5.43 Å². The Morgan fingerprint density at radius 3 is 2.86 bits per heavy atom. The number of carbonyl (C=O) groups excluding carboxylic acids is 1. The van der Waals surface area contributed by atoms with E-state index in [2.05, 4.69) is 5.43 Å². The molecule has 1 amide bonds. The number of anilines is 1. The molecule has 74 valence electrons. The van der Waals surface area contributed by atoms with Crippen LogP contribution in [0.1, 0.15) is 12.0 Å². The van der Waals surface area contributed by atoms with E-state index >= 15 is 0 Å². The van der Waals surface area contributed by atoms with Crippen molar-refractivity contribution in [2.45, 2.75) is 13.3 Å². The zero-order valence-corrected chi connectivity index (χ0v) is 7.88. The monoisotopic (exact) mass is 194 g/mol. The Kier molecular flexibility index (Phi) is 2.11. The van der Waals surface area contributed by atoms with Gasteiger partial charge in [0.25, 0.3) is 0 Å². The van der Waals surface area contributed by atoms with E-state index in [1.54, 1.807) is 6.07 Å². The smallest absolute Gasteiger partial charge is 0.240 e. The zero-order valence-electron chi connectivity index (χ0n) is 7.88. The number of aryl methyl sites for hydroxylation is 1. The molecule has 2 rings (SSSR count). The van der Waals surface area contributed by atoms with Gasteiger partial charge in [-0.05, 0) is 24.6 Å². The van der Waals surface area contributed by atoms with Gasteiger partial charge in [-0.3, -0.25) is 15.2 Å². The topological polar surface area (TPSA) is 32.3 Å². The van der Waals surface area contributed by atoms with E-state index in [-0.39, 0.29) is 11.7 Å². The normalized spacial score (nSPS) is 15.9. The quantitative estimate of drug-likeness (QED) is 0.732. The summed E-state index contributed by atoms with van der Waals surface area (Å²) < 4.78 is 13.4. The van der Waals surface area contributed by atoms with Crippen molar-refractivity contribution in [1.29, 1.82) is 0 Å². The average molecular weight is 194 g/mol. The highest BCUT2D eigenvalue weighted by Gasteiger charge is 2.20. The van der Waals surface area contributed by atoms with Crippen molar-refractivity contribution in [3.05, 3.63) is 29.6 Å². The Hall–Kier alpha value is -1.58. The maximum absolute atomic E-state index is 13.4. The molecule has 1 saturated heterocycles. The van der Waals surface area contributed by atoms with Gasteiger partial charge < -0.3 is 0 Å². The van der Waals surface area contributed by atoms with Crippen molar-refractivity contribution in [2.75, 3.05) is 11.6 Å². The summed E-state index contributed by atoms with van der Waals surface area (Å²) in [4.78, 5) is 10.9. The van der Waals surface area contributed by atoms with Gasteiger partial charge in [0.15, 0.2) is 0 Å². The molecule has 1 heterocycles. The fourth-order valence-electron chi connectivity index (χ4n) is 1.49. The fraction of sp³-hybridized carbons (Fsp3) is 0.300. The van der Waals surface area contributed by atoms with Gasteiger partial charge in [0.1, 0.15) is 5.82 Å². The lowest BCUT2D eigenvalue weighted by Crippen LogP contribution is -2.33. The third kappa shape index (κ3) is 1.55. The number of halogens is 1. The Morgan fingerprint density at radius 1 is 1.50 bits per heavy atom. The van der Waals surface area contributed by atoms with Crippen LogP contribution in [0.15, 0.2) is 18.2 Å². The molecule has 0 spiro atoms. The third-order valence-electron chi connectivity index (χ3n) is 2.22. The second-order valence-electron chi connectivity index (χ2n) is 3.39.